The second kappa shape index (κ2) is 4.57. The van der Waals surface area contributed by atoms with Gasteiger partial charge in [0.1, 0.15) is 0 Å². The van der Waals surface area contributed by atoms with E-state index in [0.29, 0.717) is 0 Å². The first kappa shape index (κ1) is 10.9. The Morgan fingerprint density at radius 2 is 1.88 bits per heavy atom. The van der Waals surface area contributed by atoms with Crippen LogP contribution in [-0.2, 0) is 6.42 Å². The van der Waals surface area contributed by atoms with Gasteiger partial charge in [0.25, 0.3) is 0 Å². The lowest BCUT2D eigenvalue weighted by Crippen LogP contribution is -2.32. The van der Waals surface area contributed by atoms with Crippen LogP contribution in [0.2, 0.25) is 0 Å². The molecule has 2 aliphatic heterocycles. The molecule has 1 aromatic carbocycles. The highest BCUT2D eigenvalue weighted by atomic mass is 15.2. The van der Waals surface area contributed by atoms with Gasteiger partial charge in [0, 0.05) is 31.0 Å². The van der Waals surface area contributed by atoms with E-state index in [0.717, 1.165) is 25.2 Å². The zero-order chi connectivity index (χ0) is 11.7. The van der Waals surface area contributed by atoms with Gasteiger partial charge in [-0.1, -0.05) is 0 Å². The van der Waals surface area contributed by atoms with E-state index in [1.54, 1.807) is 0 Å². The number of hydrogen-bond acceptors (Lipinski definition) is 3. The van der Waals surface area contributed by atoms with Crippen LogP contribution in [0.4, 0.5) is 11.4 Å². The number of anilines is 2. The molecular weight excluding hydrogens is 210 g/mol. The quantitative estimate of drug-likeness (QED) is 0.804. The topological polar surface area (TPSA) is 32.5 Å². The van der Waals surface area contributed by atoms with E-state index >= 15 is 0 Å². The van der Waals surface area contributed by atoms with E-state index in [-0.39, 0.29) is 0 Å². The van der Waals surface area contributed by atoms with Crippen molar-refractivity contribution in [3.8, 4) is 0 Å². The molecule has 3 heteroatoms. The summed E-state index contributed by atoms with van der Waals surface area (Å²) >= 11 is 0. The van der Waals surface area contributed by atoms with Crippen LogP contribution in [0.15, 0.2) is 18.2 Å². The minimum Gasteiger partial charge on any atom is -0.399 e. The predicted octanol–water partition coefficient (Wildman–Crippen LogP) is 1.73. The Labute approximate surface area is 103 Å². The summed E-state index contributed by atoms with van der Waals surface area (Å²) in [5.41, 5.74) is 9.54. The molecule has 2 heterocycles. The van der Waals surface area contributed by atoms with Gasteiger partial charge in [-0.2, -0.15) is 0 Å². The van der Waals surface area contributed by atoms with Crippen molar-refractivity contribution in [3.63, 3.8) is 0 Å². The van der Waals surface area contributed by atoms with Crippen molar-refractivity contribution < 1.29 is 0 Å². The lowest BCUT2D eigenvalue weighted by molar-refractivity contribution is 0.345. The van der Waals surface area contributed by atoms with Gasteiger partial charge in [0.15, 0.2) is 0 Å². The highest BCUT2D eigenvalue weighted by Crippen LogP contribution is 2.29. The zero-order valence-electron chi connectivity index (χ0n) is 10.4. The second-order valence-electron chi connectivity index (χ2n) is 5.17. The number of nitrogens with two attached hydrogens (primary N) is 1. The average Bonchev–Trinajstić information content (AvgIpc) is 2.94. The highest BCUT2D eigenvalue weighted by Gasteiger charge is 2.20. The van der Waals surface area contributed by atoms with Gasteiger partial charge in [-0.05, 0) is 56.1 Å². The maximum atomic E-state index is 5.82. The second-order valence-corrected chi connectivity index (χ2v) is 5.17. The number of likely N-dealkylation sites (tertiary alicyclic amines) is 1. The number of nitrogens with zero attached hydrogens (tertiary/aromatic N) is 2. The molecule has 1 saturated heterocycles. The fourth-order valence-corrected chi connectivity index (χ4v) is 2.99. The summed E-state index contributed by atoms with van der Waals surface area (Å²) in [5.74, 6) is 0. The first-order valence-corrected chi connectivity index (χ1v) is 6.69. The van der Waals surface area contributed by atoms with E-state index < -0.39 is 0 Å². The fraction of sp³-hybridized carbons (Fsp3) is 0.571. The van der Waals surface area contributed by atoms with Crippen molar-refractivity contribution in [3.05, 3.63) is 23.8 Å². The van der Waals surface area contributed by atoms with Crippen LogP contribution < -0.4 is 10.6 Å². The van der Waals surface area contributed by atoms with E-state index in [9.17, 15) is 0 Å². The molecule has 0 aromatic heterocycles. The lowest BCUT2D eigenvalue weighted by atomic mass is 10.1. The largest absolute Gasteiger partial charge is 0.399 e. The van der Waals surface area contributed by atoms with Gasteiger partial charge in [-0.25, -0.2) is 0 Å². The van der Waals surface area contributed by atoms with Crippen LogP contribution in [-0.4, -0.2) is 37.6 Å². The summed E-state index contributed by atoms with van der Waals surface area (Å²) in [6.07, 6.45) is 3.92. The Morgan fingerprint density at radius 1 is 1.06 bits per heavy atom. The van der Waals surface area contributed by atoms with Crippen LogP contribution in [0.3, 0.4) is 0 Å². The van der Waals surface area contributed by atoms with Crippen molar-refractivity contribution in [2.24, 2.45) is 0 Å². The van der Waals surface area contributed by atoms with Crippen LogP contribution in [0, 0.1) is 0 Å². The molecule has 0 unspecified atom stereocenters. The summed E-state index contributed by atoms with van der Waals surface area (Å²) in [7, 11) is 0. The average molecular weight is 231 g/mol. The Balaban J connectivity index is 1.63. The van der Waals surface area contributed by atoms with Crippen molar-refractivity contribution in [1.82, 2.24) is 4.90 Å². The van der Waals surface area contributed by atoms with Gasteiger partial charge < -0.3 is 15.5 Å². The molecule has 0 spiro atoms. The number of fused-ring (bicyclic) bond motifs is 1. The van der Waals surface area contributed by atoms with Crippen molar-refractivity contribution in [1.29, 1.82) is 0 Å². The third-order valence-corrected chi connectivity index (χ3v) is 3.98. The van der Waals surface area contributed by atoms with Gasteiger partial charge >= 0.3 is 0 Å². The number of rotatable bonds is 3. The van der Waals surface area contributed by atoms with Crippen LogP contribution in [0.5, 0.6) is 0 Å². The molecule has 0 radical (unpaired) electrons. The fourth-order valence-electron chi connectivity index (χ4n) is 2.99. The highest BCUT2D eigenvalue weighted by molar-refractivity contribution is 5.62. The Hall–Kier alpha value is -1.22. The van der Waals surface area contributed by atoms with Crippen molar-refractivity contribution >= 4 is 11.4 Å². The van der Waals surface area contributed by atoms with Crippen LogP contribution in [0.25, 0.3) is 0 Å². The normalized spacial score (nSPS) is 19.9. The predicted molar refractivity (Wildman–Crippen MR) is 72.4 cm³/mol. The SMILES string of the molecule is Nc1ccc2c(c1)CCN2CCN1CCCC1. The Kier molecular flexibility index (Phi) is 2.93. The lowest BCUT2D eigenvalue weighted by Gasteiger charge is -2.23. The summed E-state index contributed by atoms with van der Waals surface area (Å²) in [4.78, 5) is 5.09. The maximum absolute atomic E-state index is 5.82. The van der Waals surface area contributed by atoms with Gasteiger partial charge in [-0.15, -0.1) is 0 Å². The van der Waals surface area contributed by atoms with E-state index in [1.165, 1.54) is 43.7 Å². The monoisotopic (exact) mass is 231 g/mol. The zero-order valence-corrected chi connectivity index (χ0v) is 10.4. The van der Waals surface area contributed by atoms with Gasteiger partial charge in [0.2, 0.25) is 0 Å². The van der Waals surface area contributed by atoms with Crippen LogP contribution in [0.1, 0.15) is 18.4 Å². The molecular formula is C14H21N3. The van der Waals surface area contributed by atoms with Gasteiger partial charge in [-0.3, -0.25) is 0 Å². The minimum absolute atomic E-state index is 0.894. The molecule has 2 aliphatic rings. The molecule has 1 fully saturated rings. The molecule has 3 rings (SSSR count). The number of benzene rings is 1. The molecule has 0 saturated carbocycles. The summed E-state index contributed by atoms with van der Waals surface area (Å²) in [5, 5.41) is 0. The maximum Gasteiger partial charge on any atom is 0.0401 e. The van der Waals surface area contributed by atoms with Crippen molar-refractivity contribution in [2.45, 2.75) is 19.3 Å². The third kappa shape index (κ3) is 2.25. The summed E-state index contributed by atoms with van der Waals surface area (Å²) < 4.78 is 0. The summed E-state index contributed by atoms with van der Waals surface area (Å²) in [6, 6.07) is 6.33. The van der Waals surface area contributed by atoms with Gasteiger partial charge in [0.05, 0.1) is 0 Å². The van der Waals surface area contributed by atoms with E-state index in [4.69, 9.17) is 5.73 Å². The third-order valence-electron chi connectivity index (χ3n) is 3.98. The first-order valence-electron chi connectivity index (χ1n) is 6.69. The summed E-state index contributed by atoms with van der Waals surface area (Å²) in [6.45, 7) is 6.12. The molecule has 0 atom stereocenters. The van der Waals surface area contributed by atoms with Crippen molar-refractivity contribution in [2.75, 3.05) is 43.4 Å². The number of hydrogen-bond donors (Lipinski definition) is 1. The van der Waals surface area contributed by atoms with Crippen LogP contribution >= 0.6 is 0 Å². The molecule has 3 nitrogen and oxygen atoms in total. The first-order chi connectivity index (χ1) is 8.33. The van der Waals surface area contributed by atoms with E-state index in [1.807, 2.05) is 6.07 Å². The Morgan fingerprint density at radius 3 is 2.71 bits per heavy atom. The molecule has 92 valence electrons. The standard InChI is InChI=1S/C14H21N3/c15-13-3-4-14-12(11-13)5-8-17(14)10-9-16-6-1-2-7-16/h3-4,11H,1-2,5-10,15H2. The molecule has 17 heavy (non-hydrogen) atoms. The van der Waals surface area contributed by atoms with E-state index in [2.05, 4.69) is 21.9 Å². The molecule has 2 N–H and O–H groups in total. The number of nitrogen functional groups attached to an aromatic ring is 1. The molecule has 1 aromatic rings. The molecule has 0 aliphatic carbocycles. The smallest absolute Gasteiger partial charge is 0.0401 e. The minimum atomic E-state index is 0.894. The molecule has 0 amide bonds. The molecule has 0 bridgehead atoms. The Bertz CT molecular complexity index is 396.